The first kappa shape index (κ1) is 25.8. The molecular formula is C28H30BrNO6. The molecule has 8 heteroatoms. The van der Waals surface area contributed by atoms with E-state index in [1.165, 1.54) is 0 Å². The van der Waals surface area contributed by atoms with Crippen LogP contribution in [-0.2, 0) is 25.7 Å². The van der Waals surface area contributed by atoms with Crippen LogP contribution in [0.3, 0.4) is 0 Å². The second-order valence-corrected chi connectivity index (χ2v) is 10.5. The summed E-state index contributed by atoms with van der Waals surface area (Å²) in [6.07, 6.45) is 0.880. The summed E-state index contributed by atoms with van der Waals surface area (Å²) in [6, 6.07) is 13.1. The van der Waals surface area contributed by atoms with E-state index in [2.05, 4.69) is 15.9 Å². The van der Waals surface area contributed by atoms with Crippen LogP contribution in [0.1, 0.15) is 50.7 Å². The quantitative estimate of drug-likeness (QED) is 0.448. The van der Waals surface area contributed by atoms with E-state index in [9.17, 15) is 9.59 Å². The molecule has 0 radical (unpaired) electrons. The van der Waals surface area contributed by atoms with Crippen molar-refractivity contribution in [2.24, 2.45) is 11.1 Å². The standard InChI is InChI=1S/C28H30BrNO6/c1-5-34-27(32)25-23(24-19(31)13-28(2,3)14-22(24)36-26(25)30)16-10-11-20(33-4)17(12-16)15-35-21-9-7-6-8-18(21)29/h6-12,23H,5,13-15,30H2,1-4H3/t23-/m0/s1. The Labute approximate surface area is 219 Å². The number of benzene rings is 2. The van der Waals surface area contributed by atoms with Crippen molar-refractivity contribution in [3.63, 3.8) is 0 Å². The zero-order chi connectivity index (χ0) is 26.0. The van der Waals surface area contributed by atoms with Gasteiger partial charge in [-0.15, -0.1) is 0 Å². The highest BCUT2D eigenvalue weighted by molar-refractivity contribution is 9.10. The highest BCUT2D eigenvalue weighted by atomic mass is 79.9. The lowest BCUT2D eigenvalue weighted by Crippen LogP contribution is -2.35. The molecular weight excluding hydrogens is 526 g/mol. The van der Waals surface area contributed by atoms with Gasteiger partial charge in [0.05, 0.1) is 24.1 Å². The van der Waals surface area contributed by atoms with Gasteiger partial charge in [-0.05, 0) is 58.1 Å². The number of hydrogen-bond acceptors (Lipinski definition) is 7. The maximum absolute atomic E-state index is 13.4. The first-order valence-electron chi connectivity index (χ1n) is 11.8. The number of carbonyl (C=O) groups is 2. The fourth-order valence-electron chi connectivity index (χ4n) is 4.73. The van der Waals surface area contributed by atoms with E-state index in [4.69, 9.17) is 24.7 Å². The second-order valence-electron chi connectivity index (χ2n) is 9.60. The van der Waals surface area contributed by atoms with Crippen LogP contribution in [0.2, 0.25) is 0 Å². The monoisotopic (exact) mass is 555 g/mol. The zero-order valence-corrected chi connectivity index (χ0v) is 22.4. The Morgan fingerprint density at radius 3 is 2.61 bits per heavy atom. The maximum Gasteiger partial charge on any atom is 0.340 e. The van der Waals surface area contributed by atoms with E-state index in [1.807, 2.05) is 50.2 Å². The van der Waals surface area contributed by atoms with Crippen molar-refractivity contribution in [2.45, 2.75) is 46.1 Å². The van der Waals surface area contributed by atoms with Crippen molar-refractivity contribution in [2.75, 3.05) is 13.7 Å². The lowest BCUT2D eigenvalue weighted by atomic mass is 9.70. The number of ether oxygens (including phenoxy) is 4. The Bertz CT molecular complexity index is 1260. The number of halogens is 1. The van der Waals surface area contributed by atoms with E-state index in [-0.39, 0.29) is 35.9 Å². The molecule has 1 atom stereocenters. The molecule has 2 aliphatic rings. The highest BCUT2D eigenvalue weighted by Crippen LogP contribution is 2.48. The van der Waals surface area contributed by atoms with Crippen molar-refractivity contribution in [1.82, 2.24) is 0 Å². The Morgan fingerprint density at radius 1 is 1.17 bits per heavy atom. The zero-order valence-electron chi connectivity index (χ0n) is 20.9. The molecule has 0 bridgehead atoms. The van der Waals surface area contributed by atoms with Gasteiger partial charge in [0.15, 0.2) is 5.78 Å². The Hall–Kier alpha value is -3.26. The van der Waals surface area contributed by atoms with Crippen molar-refractivity contribution < 1.29 is 28.5 Å². The molecule has 0 unspecified atom stereocenters. The molecule has 0 fully saturated rings. The van der Waals surface area contributed by atoms with Crippen molar-refractivity contribution >= 4 is 27.7 Å². The first-order valence-corrected chi connectivity index (χ1v) is 12.6. The van der Waals surface area contributed by atoms with Crippen LogP contribution in [0, 0.1) is 5.41 Å². The lowest BCUT2D eigenvalue weighted by molar-refractivity contribution is -0.139. The van der Waals surface area contributed by atoms with Gasteiger partial charge < -0.3 is 24.7 Å². The van der Waals surface area contributed by atoms with Crippen molar-refractivity contribution in [3.05, 3.63) is 80.9 Å². The summed E-state index contributed by atoms with van der Waals surface area (Å²) in [6.45, 7) is 6.13. The molecule has 0 spiro atoms. The molecule has 4 rings (SSSR count). The van der Waals surface area contributed by atoms with Crippen molar-refractivity contribution in [1.29, 1.82) is 0 Å². The Kier molecular flexibility index (Phi) is 7.45. The summed E-state index contributed by atoms with van der Waals surface area (Å²) in [7, 11) is 1.58. The summed E-state index contributed by atoms with van der Waals surface area (Å²) in [5.74, 6) is 0.385. The number of esters is 1. The van der Waals surface area contributed by atoms with Crippen LogP contribution in [0.15, 0.2) is 69.7 Å². The molecule has 36 heavy (non-hydrogen) atoms. The van der Waals surface area contributed by atoms with Crippen LogP contribution in [0.4, 0.5) is 0 Å². The molecule has 1 aliphatic carbocycles. The van der Waals surface area contributed by atoms with Crippen LogP contribution in [0.5, 0.6) is 11.5 Å². The Balaban J connectivity index is 1.80. The minimum Gasteiger partial charge on any atom is -0.496 e. The maximum atomic E-state index is 13.4. The molecule has 2 aromatic rings. The molecule has 7 nitrogen and oxygen atoms in total. The molecule has 1 heterocycles. The van der Waals surface area contributed by atoms with Crippen LogP contribution in [0.25, 0.3) is 0 Å². The number of allylic oxidation sites excluding steroid dienone is 2. The fraction of sp³-hybridized carbons (Fsp3) is 0.357. The molecule has 0 saturated heterocycles. The van der Waals surface area contributed by atoms with Gasteiger partial charge in [-0.3, -0.25) is 4.79 Å². The number of para-hydroxylation sites is 1. The third kappa shape index (κ3) is 5.14. The van der Waals surface area contributed by atoms with Gasteiger partial charge in [0, 0.05) is 24.0 Å². The third-order valence-electron chi connectivity index (χ3n) is 6.31. The third-order valence-corrected chi connectivity index (χ3v) is 6.96. The minimum absolute atomic E-state index is 0.0375. The fourth-order valence-corrected chi connectivity index (χ4v) is 5.13. The highest BCUT2D eigenvalue weighted by Gasteiger charge is 2.45. The lowest BCUT2D eigenvalue weighted by Gasteiger charge is -2.38. The number of hydrogen-bond donors (Lipinski definition) is 1. The van der Waals surface area contributed by atoms with E-state index in [0.717, 1.165) is 10.0 Å². The number of carbonyl (C=O) groups excluding carboxylic acids is 2. The molecule has 2 aromatic carbocycles. The normalized spacial score (nSPS) is 18.9. The Morgan fingerprint density at radius 2 is 1.92 bits per heavy atom. The number of ketones is 1. The van der Waals surface area contributed by atoms with Crippen molar-refractivity contribution in [3.8, 4) is 11.5 Å². The molecule has 1 aliphatic heterocycles. The predicted molar refractivity (Wildman–Crippen MR) is 138 cm³/mol. The summed E-state index contributed by atoms with van der Waals surface area (Å²) >= 11 is 3.50. The summed E-state index contributed by atoms with van der Waals surface area (Å²) in [5, 5.41) is 0. The van der Waals surface area contributed by atoms with Crippen LogP contribution >= 0.6 is 15.9 Å². The van der Waals surface area contributed by atoms with Gasteiger partial charge in [0.25, 0.3) is 0 Å². The molecule has 190 valence electrons. The number of Topliss-reactive ketones (excluding diaryl/α,β-unsaturated/α-hetero) is 1. The van der Waals surface area contributed by atoms with E-state index in [1.54, 1.807) is 20.1 Å². The smallest absolute Gasteiger partial charge is 0.340 e. The van der Waals surface area contributed by atoms with Crippen LogP contribution in [-0.4, -0.2) is 25.5 Å². The second kappa shape index (κ2) is 10.4. The summed E-state index contributed by atoms with van der Waals surface area (Å²) in [5.41, 5.74) is 8.05. The van der Waals surface area contributed by atoms with E-state index in [0.29, 0.717) is 41.2 Å². The number of rotatable bonds is 7. The largest absolute Gasteiger partial charge is 0.496 e. The average Bonchev–Trinajstić information content (AvgIpc) is 2.81. The molecule has 0 amide bonds. The van der Waals surface area contributed by atoms with Gasteiger partial charge in [-0.1, -0.05) is 32.0 Å². The molecule has 2 N–H and O–H groups in total. The van der Waals surface area contributed by atoms with Gasteiger partial charge in [0.2, 0.25) is 5.88 Å². The number of methoxy groups -OCH3 is 1. The molecule has 0 aromatic heterocycles. The van der Waals surface area contributed by atoms with Gasteiger partial charge >= 0.3 is 5.97 Å². The topological polar surface area (TPSA) is 97.1 Å². The average molecular weight is 556 g/mol. The van der Waals surface area contributed by atoms with Gasteiger partial charge in [0.1, 0.15) is 29.4 Å². The number of nitrogens with two attached hydrogens (primary N) is 1. The van der Waals surface area contributed by atoms with Gasteiger partial charge in [-0.25, -0.2) is 4.79 Å². The van der Waals surface area contributed by atoms with Crippen LogP contribution < -0.4 is 15.2 Å². The molecule has 0 saturated carbocycles. The first-order chi connectivity index (χ1) is 17.1. The summed E-state index contributed by atoms with van der Waals surface area (Å²) < 4.78 is 23.6. The SMILES string of the molecule is CCOC(=O)C1=C(N)OC2=C(C(=O)CC(C)(C)C2)[C@@H]1c1ccc(OC)c(COc2ccccc2Br)c1. The van der Waals surface area contributed by atoms with Gasteiger partial charge in [-0.2, -0.15) is 0 Å². The van der Waals surface area contributed by atoms with E-state index < -0.39 is 11.9 Å². The minimum atomic E-state index is -0.718. The summed E-state index contributed by atoms with van der Waals surface area (Å²) in [4.78, 5) is 26.4. The van der Waals surface area contributed by atoms with E-state index >= 15 is 0 Å². The predicted octanol–water partition coefficient (Wildman–Crippen LogP) is 5.53.